The van der Waals surface area contributed by atoms with Crippen molar-refractivity contribution in [3.05, 3.63) is 70.3 Å². The van der Waals surface area contributed by atoms with Crippen LogP contribution in [0.5, 0.6) is 5.75 Å². The molecule has 1 amide bonds. The van der Waals surface area contributed by atoms with Crippen molar-refractivity contribution in [3.8, 4) is 17.6 Å². The molecule has 2 aromatic carbocycles. The molecule has 2 heterocycles. The molecule has 240 valence electrons. The lowest BCUT2D eigenvalue weighted by atomic mass is 9.64. The van der Waals surface area contributed by atoms with Crippen LogP contribution >= 0.6 is 11.6 Å². The molecule has 2 aromatic rings. The molecule has 3 N–H and O–H groups in total. The summed E-state index contributed by atoms with van der Waals surface area (Å²) < 4.78 is 35.4. The number of rotatable bonds is 0. The maximum absolute atomic E-state index is 13.4. The van der Waals surface area contributed by atoms with E-state index in [0.29, 0.717) is 36.9 Å². The summed E-state index contributed by atoms with van der Waals surface area (Å²) in [6.07, 6.45) is 8.31. The fraction of sp³-hybridized carbons (Fsp3) is 0.514. The minimum absolute atomic E-state index is 0.0750. The highest BCUT2D eigenvalue weighted by molar-refractivity contribution is 7.90. The van der Waals surface area contributed by atoms with E-state index in [4.69, 9.17) is 16.3 Å². The van der Waals surface area contributed by atoms with Gasteiger partial charge in [0, 0.05) is 35.0 Å². The molecule has 1 fully saturated rings. The van der Waals surface area contributed by atoms with Crippen molar-refractivity contribution in [2.45, 2.75) is 68.6 Å². The van der Waals surface area contributed by atoms with Crippen LogP contribution < -0.4 is 14.4 Å². The number of anilines is 1. The summed E-state index contributed by atoms with van der Waals surface area (Å²) in [5.41, 5.74) is 1.58. The quantitative estimate of drug-likeness (QED) is 0.281. The highest BCUT2D eigenvalue weighted by Gasteiger charge is 2.47. The third-order valence-electron chi connectivity index (χ3n) is 10.5. The largest absolute Gasteiger partial charge is 0.490 e. The second-order valence-corrected chi connectivity index (χ2v) is 15.8. The molecule has 2 bridgehead atoms. The smallest absolute Gasteiger partial charge is 0.264 e. The van der Waals surface area contributed by atoms with Crippen LogP contribution in [0.3, 0.4) is 0 Å². The fourth-order valence-electron chi connectivity index (χ4n) is 7.59. The van der Waals surface area contributed by atoms with E-state index in [9.17, 15) is 23.4 Å². The topological polar surface area (TPSA) is 116 Å². The third-order valence-corrected chi connectivity index (χ3v) is 12.7. The number of amides is 1. The van der Waals surface area contributed by atoms with E-state index >= 15 is 0 Å². The monoisotopic (exact) mass is 652 g/mol. The van der Waals surface area contributed by atoms with Gasteiger partial charge in [-0.15, -0.1) is 0 Å². The number of nitrogens with one attached hydrogen (secondary N) is 1. The number of hydrogen-bond donors (Lipinski definition) is 3. The third kappa shape index (κ3) is 6.10. The molecular formula is C35H41ClN2O6S. The van der Waals surface area contributed by atoms with E-state index in [1.807, 2.05) is 12.1 Å². The Bertz CT molecular complexity index is 1680. The number of fused-ring (bicyclic) bond motifs is 4. The van der Waals surface area contributed by atoms with Crippen molar-refractivity contribution < 1.29 is 28.2 Å². The van der Waals surface area contributed by atoms with Crippen LogP contribution in [-0.4, -0.2) is 61.7 Å². The highest BCUT2D eigenvalue weighted by atomic mass is 35.5. The second-order valence-electron chi connectivity index (χ2n) is 13.3. The molecule has 8 nitrogen and oxygen atoms in total. The Hall–Kier alpha value is -3.03. The van der Waals surface area contributed by atoms with Gasteiger partial charge in [-0.3, -0.25) is 4.79 Å². The average Bonchev–Trinajstić information content (AvgIpc) is 3.14. The van der Waals surface area contributed by atoms with Crippen molar-refractivity contribution in [1.82, 2.24) is 4.72 Å². The van der Waals surface area contributed by atoms with Gasteiger partial charge in [0.05, 0.1) is 17.5 Å². The van der Waals surface area contributed by atoms with Gasteiger partial charge in [-0.05, 0) is 105 Å². The summed E-state index contributed by atoms with van der Waals surface area (Å²) in [7, 11) is -4.00. The number of benzene rings is 2. The van der Waals surface area contributed by atoms with Crippen molar-refractivity contribution in [3.63, 3.8) is 0 Å². The molecule has 2 aliphatic heterocycles. The van der Waals surface area contributed by atoms with Gasteiger partial charge in [0.25, 0.3) is 5.91 Å². The molecule has 0 saturated heterocycles. The van der Waals surface area contributed by atoms with Crippen LogP contribution in [0.1, 0.15) is 67.4 Å². The number of sulfonamides is 1. The molecule has 1 saturated carbocycles. The summed E-state index contributed by atoms with van der Waals surface area (Å²) in [4.78, 5) is 15.7. The summed E-state index contributed by atoms with van der Waals surface area (Å²) in [6.45, 7) is 4.66. The van der Waals surface area contributed by atoms with Crippen LogP contribution in [0.25, 0.3) is 0 Å². The Morgan fingerprint density at radius 2 is 2.00 bits per heavy atom. The van der Waals surface area contributed by atoms with Gasteiger partial charge in [-0.1, -0.05) is 42.5 Å². The lowest BCUT2D eigenvalue weighted by Gasteiger charge is -2.47. The Morgan fingerprint density at radius 3 is 2.76 bits per heavy atom. The maximum Gasteiger partial charge on any atom is 0.264 e. The van der Waals surface area contributed by atoms with Gasteiger partial charge < -0.3 is 19.8 Å². The summed E-state index contributed by atoms with van der Waals surface area (Å²) in [5.74, 6) is 5.09. The number of carbonyl (C=O) groups excluding carboxylic acids is 1. The number of aryl methyl sites for hydroxylation is 1. The number of allylic oxidation sites excluding steroid dienone is 1. The molecular weight excluding hydrogens is 612 g/mol. The predicted octanol–water partition coefficient (Wildman–Crippen LogP) is 4.61. The zero-order valence-corrected chi connectivity index (χ0v) is 27.3. The molecule has 45 heavy (non-hydrogen) atoms. The molecule has 4 aliphatic rings. The van der Waals surface area contributed by atoms with E-state index < -0.39 is 26.8 Å². The maximum atomic E-state index is 13.4. The standard InChI is InChI=1S/C35H41ClN2O6S/c1-23-6-3-15-35(41,16-5-17-39)30-11-8-27(30)20-38-21-34(14-4-7-25-18-28(36)10-12-29(25)34)22-44-32-13-9-26(19-31(32)38)33(40)37-45(42,43)24(23)2/h3,9-10,12-13,15,18-19,23-24,27,30,39,41H,4,6-8,11,14,17,20-22H2,1-2H3,(H,37,40)/b15-3+/t23-,24+,27-,30+,34-,35+/m0/s1. The Balaban J connectivity index is 1.46. The number of nitrogens with zero attached hydrogens (tertiary/aromatic N) is 1. The van der Waals surface area contributed by atoms with Crippen molar-refractivity contribution in [2.24, 2.45) is 17.8 Å². The van der Waals surface area contributed by atoms with E-state index in [1.165, 1.54) is 11.1 Å². The summed E-state index contributed by atoms with van der Waals surface area (Å²) >= 11 is 6.40. The van der Waals surface area contributed by atoms with E-state index in [-0.39, 0.29) is 35.3 Å². The van der Waals surface area contributed by atoms with Gasteiger partial charge in [0.2, 0.25) is 10.0 Å². The number of halogens is 1. The van der Waals surface area contributed by atoms with Gasteiger partial charge in [-0.25, -0.2) is 13.1 Å². The molecule has 6 atom stereocenters. The second kappa shape index (κ2) is 12.3. The first-order chi connectivity index (χ1) is 21.4. The zero-order chi connectivity index (χ0) is 32.0. The lowest BCUT2D eigenvalue weighted by Crippen LogP contribution is -2.52. The van der Waals surface area contributed by atoms with E-state index in [1.54, 1.807) is 44.2 Å². The first-order valence-corrected chi connectivity index (χ1v) is 17.7. The normalized spacial score (nSPS) is 33.2. The zero-order valence-electron chi connectivity index (χ0n) is 25.8. The van der Waals surface area contributed by atoms with Crippen molar-refractivity contribution in [1.29, 1.82) is 0 Å². The van der Waals surface area contributed by atoms with E-state index in [2.05, 4.69) is 27.5 Å². The van der Waals surface area contributed by atoms with Crippen molar-refractivity contribution >= 4 is 33.2 Å². The predicted molar refractivity (Wildman–Crippen MR) is 175 cm³/mol. The molecule has 0 aromatic heterocycles. The number of carbonyl (C=O) groups is 1. The molecule has 0 unspecified atom stereocenters. The molecule has 6 rings (SSSR count). The number of hydrogen-bond acceptors (Lipinski definition) is 7. The van der Waals surface area contributed by atoms with Crippen LogP contribution in [0, 0.1) is 29.6 Å². The Morgan fingerprint density at radius 1 is 1.18 bits per heavy atom. The van der Waals surface area contributed by atoms with Crippen molar-refractivity contribution in [2.75, 3.05) is 31.2 Å². The Labute approximate surface area is 270 Å². The SMILES string of the molecule is C[C@@H]1[C@@H](C)C/C=C/[C@@](O)(C#CCO)[C@@H]2CC[C@H]2CN2C[C@@]3(CCCc4cc(Cl)ccc43)COc3ccc(cc32)C(=O)NS1(=O)=O. The summed E-state index contributed by atoms with van der Waals surface area (Å²) in [6, 6.07) is 11.2. The van der Waals surface area contributed by atoms with Crippen LogP contribution in [-0.2, 0) is 21.9 Å². The molecule has 10 heteroatoms. The van der Waals surface area contributed by atoms with Gasteiger partial charge >= 0.3 is 0 Å². The van der Waals surface area contributed by atoms with Gasteiger partial charge in [0.15, 0.2) is 0 Å². The summed E-state index contributed by atoms with van der Waals surface area (Å²) in [5, 5.41) is 21.2. The fourth-order valence-corrected chi connectivity index (χ4v) is 9.06. The van der Waals surface area contributed by atoms with Crippen LogP contribution in [0.2, 0.25) is 5.02 Å². The van der Waals surface area contributed by atoms with Crippen LogP contribution in [0.15, 0.2) is 48.6 Å². The first kappa shape index (κ1) is 31.9. The van der Waals surface area contributed by atoms with Crippen LogP contribution in [0.4, 0.5) is 5.69 Å². The van der Waals surface area contributed by atoms with E-state index in [0.717, 1.165) is 37.8 Å². The molecule has 0 radical (unpaired) electrons. The molecule has 2 aliphatic carbocycles. The highest BCUT2D eigenvalue weighted by Crippen LogP contribution is 2.48. The number of aliphatic hydroxyl groups excluding tert-OH is 1. The minimum Gasteiger partial charge on any atom is -0.490 e. The lowest BCUT2D eigenvalue weighted by molar-refractivity contribution is -0.00332. The molecule has 1 spiro atoms. The first-order valence-electron chi connectivity index (χ1n) is 15.8. The Kier molecular flexibility index (Phi) is 8.72. The number of aliphatic hydroxyl groups is 2. The van der Waals surface area contributed by atoms with Gasteiger partial charge in [0.1, 0.15) is 18.0 Å². The van der Waals surface area contributed by atoms with Gasteiger partial charge in [-0.2, -0.15) is 0 Å². The number of ether oxygens (including phenoxy) is 1. The average molecular weight is 653 g/mol. The minimum atomic E-state index is -4.00.